The maximum Gasteiger partial charge on any atom is 0.200 e. The number of ether oxygens (including phenoxy) is 1. The van der Waals surface area contributed by atoms with Crippen molar-refractivity contribution in [3.05, 3.63) is 65.2 Å². The third-order valence-electron chi connectivity index (χ3n) is 3.29. The minimum absolute atomic E-state index is 0.0124. The van der Waals surface area contributed by atoms with Crippen LogP contribution in [0.2, 0.25) is 0 Å². The number of ketones is 1. The van der Waals surface area contributed by atoms with Gasteiger partial charge in [0.2, 0.25) is 0 Å². The Balaban J connectivity index is 1.95. The van der Waals surface area contributed by atoms with Gasteiger partial charge in [-0.3, -0.25) is 9.59 Å². The molecule has 2 rings (SSSR count). The van der Waals surface area contributed by atoms with E-state index >= 15 is 0 Å². The van der Waals surface area contributed by atoms with Gasteiger partial charge in [-0.1, -0.05) is 38.1 Å². The molecular weight excluding hydrogens is 264 g/mol. The van der Waals surface area contributed by atoms with Crippen molar-refractivity contribution in [2.24, 2.45) is 0 Å². The average molecular weight is 282 g/mol. The van der Waals surface area contributed by atoms with Gasteiger partial charge in [-0.05, 0) is 35.7 Å². The fourth-order valence-electron chi connectivity index (χ4n) is 1.93. The van der Waals surface area contributed by atoms with Gasteiger partial charge in [-0.25, -0.2) is 0 Å². The normalized spacial score (nSPS) is 10.4. The first kappa shape index (κ1) is 15.0. The van der Waals surface area contributed by atoms with Crippen LogP contribution in [0.1, 0.15) is 46.0 Å². The SMILES string of the molecule is CC(C)c1ccc(C(=O)COc2ccc(C=O)cc2)cc1. The van der Waals surface area contributed by atoms with Crippen LogP contribution in [0.3, 0.4) is 0 Å². The molecule has 0 amide bonds. The molecule has 0 heterocycles. The van der Waals surface area contributed by atoms with E-state index in [2.05, 4.69) is 13.8 Å². The van der Waals surface area contributed by atoms with Crippen molar-refractivity contribution in [3.63, 3.8) is 0 Å². The van der Waals surface area contributed by atoms with Gasteiger partial charge in [0, 0.05) is 11.1 Å². The predicted molar refractivity (Wildman–Crippen MR) is 82.2 cm³/mol. The Morgan fingerprint density at radius 2 is 1.67 bits per heavy atom. The highest BCUT2D eigenvalue weighted by molar-refractivity contribution is 5.97. The number of Topliss-reactive ketones (excluding diaryl/α,β-unsaturated/α-hetero) is 1. The molecule has 0 unspecified atom stereocenters. The molecule has 21 heavy (non-hydrogen) atoms. The summed E-state index contributed by atoms with van der Waals surface area (Å²) in [6.45, 7) is 4.22. The fourth-order valence-corrected chi connectivity index (χ4v) is 1.93. The molecule has 0 saturated carbocycles. The van der Waals surface area contributed by atoms with Crippen LogP contribution in [0.25, 0.3) is 0 Å². The van der Waals surface area contributed by atoms with Crippen LogP contribution < -0.4 is 4.74 Å². The molecule has 0 atom stereocenters. The highest BCUT2D eigenvalue weighted by Gasteiger charge is 2.08. The summed E-state index contributed by atoms with van der Waals surface area (Å²) in [5.74, 6) is 0.958. The summed E-state index contributed by atoms with van der Waals surface area (Å²) in [7, 11) is 0. The van der Waals surface area contributed by atoms with Crippen LogP contribution in [0.15, 0.2) is 48.5 Å². The molecule has 0 aliphatic carbocycles. The summed E-state index contributed by atoms with van der Waals surface area (Å²) in [5, 5.41) is 0. The maximum absolute atomic E-state index is 12.0. The monoisotopic (exact) mass is 282 g/mol. The molecule has 0 aliphatic rings. The molecule has 3 nitrogen and oxygen atoms in total. The summed E-state index contributed by atoms with van der Waals surface area (Å²) in [6.07, 6.45) is 0.769. The summed E-state index contributed by atoms with van der Waals surface area (Å²) in [4.78, 5) is 22.6. The molecular formula is C18H18O3. The van der Waals surface area contributed by atoms with Crippen LogP contribution in [0, 0.1) is 0 Å². The second kappa shape index (κ2) is 6.84. The van der Waals surface area contributed by atoms with Crippen molar-refractivity contribution in [2.75, 3.05) is 6.61 Å². The van der Waals surface area contributed by atoms with E-state index in [-0.39, 0.29) is 12.4 Å². The highest BCUT2D eigenvalue weighted by Crippen LogP contribution is 2.16. The zero-order valence-corrected chi connectivity index (χ0v) is 12.2. The zero-order valence-electron chi connectivity index (χ0n) is 12.2. The first-order chi connectivity index (χ1) is 10.1. The number of aldehydes is 1. The lowest BCUT2D eigenvalue weighted by molar-refractivity contribution is 0.0921. The van der Waals surface area contributed by atoms with Gasteiger partial charge in [-0.15, -0.1) is 0 Å². The molecule has 0 N–H and O–H groups in total. The topological polar surface area (TPSA) is 43.4 Å². The van der Waals surface area contributed by atoms with Crippen molar-refractivity contribution in [2.45, 2.75) is 19.8 Å². The largest absolute Gasteiger partial charge is 0.485 e. The molecule has 0 bridgehead atoms. The van der Waals surface area contributed by atoms with Crippen molar-refractivity contribution >= 4 is 12.1 Å². The number of carbonyl (C=O) groups excluding carboxylic acids is 2. The van der Waals surface area contributed by atoms with Crippen LogP contribution in [0.5, 0.6) is 5.75 Å². The third-order valence-corrected chi connectivity index (χ3v) is 3.29. The van der Waals surface area contributed by atoms with Gasteiger partial charge < -0.3 is 4.74 Å². The molecule has 2 aromatic rings. The molecule has 3 heteroatoms. The van der Waals surface area contributed by atoms with Gasteiger partial charge >= 0.3 is 0 Å². The first-order valence-electron chi connectivity index (χ1n) is 6.91. The second-order valence-corrected chi connectivity index (χ2v) is 5.18. The van der Waals surface area contributed by atoms with Gasteiger partial charge in [-0.2, -0.15) is 0 Å². The Hall–Kier alpha value is -2.42. The van der Waals surface area contributed by atoms with E-state index in [1.54, 1.807) is 24.3 Å². The Kier molecular flexibility index (Phi) is 4.88. The lowest BCUT2D eigenvalue weighted by Gasteiger charge is -2.08. The molecule has 0 spiro atoms. The zero-order chi connectivity index (χ0) is 15.2. The minimum Gasteiger partial charge on any atom is -0.485 e. The smallest absolute Gasteiger partial charge is 0.200 e. The van der Waals surface area contributed by atoms with E-state index < -0.39 is 0 Å². The van der Waals surface area contributed by atoms with E-state index in [1.165, 1.54) is 5.56 Å². The number of carbonyl (C=O) groups is 2. The Morgan fingerprint density at radius 3 is 2.19 bits per heavy atom. The quantitative estimate of drug-likeness (QED) is 0.596. The maximum atomic E-state index is 12.0. The molecule has 2 aromatic carbocycles. The van der Waals surface area contributed by atoms with Crippen LogP contribution >= 0.6 is 0 Å². The molecule has 0 radical (unpaired) electrons. The fraction of sp³-hybridized carbons (Fsp3) is 0.222. The van der Waals surface area contributed by atoms with Crippen molar-refractivity contribution in [1.29, 1.82) is 0 Å². The summed E-state index contributed by atoms with van der Waals surface area (Å²) in [6, 6.07) is 14.3. The van der Waals surface area contributed by atoms with Gasteiger partial charge in [0.15, 0.2) is 12.4 Å². The van der Waals surface area contributed by atoms with Gasteiger partial charge in [0.25, 0.3) is 0 Å². The Labute approximate surface area is 124 Å². The second-order valence-electron chi connectivity index (χ2n) is 5.18. The molecule has 0 aliphatic heterocycles. The highest BCUT2D eigenvalue weighted by atomic mass is 16.5. The number of benzene rings is 2. The summed E-state index contributed by atoms with van der Waals surface area (Å²) in [5.41, 5.74) is 2.43. The molecule has 0 aromatic heterocycles. The van der Waals surface area contributed by atoms with E-state index in [9.17, 15) is 9.59 Å². The predicted octanol–water partition coefficient (Wildman–Crippen LogP) is 3.88. The van der Waals surface area contributed by atoms with Crippen LogP contribution in [-0.2, 0) is 0 Å². The van der Waals surface area contributed by atoms with Crippen LogP contribution in [0.4, 0.5) is 0 Å². The lowest BCUT2D eigenvalue weighted by atomic mass is 10.0. The van der Waals surface area contributed by atoms with Gasteiger partial charge in [0.1, 0.15) is 12.0 Å². The van der Waals surface area contributed by atoms with E-state index in [1.807, 2.05) is 24.3 Å². The molecule has 0 saturated heterocycles. The lowest BCUT2D eigenvalue weighted by Crippen LogP contribution is -2.11. The number of hydrogen-bond acceptors (Lipinski definition) is 3. The minimum atomic E-state index is -0.0650. The van der Waals surface area contributed by atoms with E-state index in [0.717, 1.165) is 6.29 Å². The number of hydrogen-bond donors (Lipinski definition) is 0. The molecule has 108 valence electrons. The van der Waals surface area contributed by atoms with E-state index in [4.69, 9.17) is 4.74 Å². The third kappa shape index (κ3) is 4.02. The van der Waals surface area contributed by atoms with E-state index in [0.29, 0.717) is 22.8 Å². The Bertz CT molecular complexity index is 610. The Morgan fingerprint density at radius 1 is 1.05 bits per heavy atom. The summed E-state index contributed by atoms with van der Waals surface area (Å²) < 4.78 is 5.43. The standard InChI is InChI=1S/C18H18O3/c1-13(2)15-5-7-16(8-6-15)18(20)12-21-17-9-3-14(11-19)4-10-17/h3-11,13H,12H2,1-2H3. The van der Waals surface area contributed by atoms with Crippen molar-refractivity contribution in [3.8, 4) is 5.75 Å². The molecule has 0 fully saturated rings. The first-order valence-corrected chi connectivity index (χ1v) is 6.91. The average Bonchev–Trinajstić information content (AvgIpc) is 2.53. The van der Waals surface area contributed by atoms with Crippen LogP contribution in [-0.4, -0.2) is 18.7 Å². The van der Waals surface area contributed by atoms with Crippen molar-refractivity contribution in [1.82, 2.24) is 0 Å². The summed E-state index contributed by atoms with van der Waals surface area (Å²) >= 11 is 0. The van der Waals surface area contributed by atoms with Gasteiger partial charge in [0.05, 0.1) is 0 Å². The number of rotatable bonds is 6. The van der Waals surface area contributed by atoms with Crippen molar-refractivity contribution < 1.29 is 14.3 Å².